The molecule has 0 aromatic rings. The van der Waals surface area contributed by atoms with E-state index in [1.165, 1.54) is 51.6 Å². The highest BCUT2D eigenvalue weighted by Crippen LogP contribution is 2.41. The van der Waals surface area contributed by atoms with E-state index in [2.05, 4.69) is 31.1 Å². The molecule has 2 rings (SSSR count). The molecule has 0 bridgehead atoms. The van der Waals surface area contributed by atoms with E-state index in [1.807, 2.05) is 0 Å². The highest BCUT2D eigenvalue weighted by atomic mass is 15.2. The van der Waals surface area contributed by atoms with Crippen molar-refractivity contribution in [3.8, 4) is 0 Å². The lowest BCUT2D eigenvalue weighted by Crippen LogP contribution is -2.60. The first-order valence-electron chi connectivity index (χ1n) is 7.14. The van der Waals surface area contributed by atoms with Crippen LogP contribution in [0.15, 0.2) is 0 Å². The second-order valence-corrected chi connectivity index (χ2v) is 5.86. The maximum atomic E-state index is 3.61. The fourth-order valence-electron chi connectivity index (χ4n) is 3.53. The Kier molecular flexibility index (Phi) is 3.91. The summed E-state index contributed by atoms with van der Waals surface area (Å²) in [6.07, 6.45) is 8.39. The number of nitrogens with one attached hydrogen (secondary N) is 1. The fourth-order valence-corrected chi connectivity index (χ4v) is 3.53. The van der Waals surface area contributed by atoms with Gasteiger partial charge in [0.1, 0.15) is 0 Å². The monoisotopic (exact) mass is 224 g/mol. The van der Waals surface area contributed by atoms with E-state index < -0.39 is 0 Å². The summed E-state index contributed by atoms with van der Waals surface area (Å²) < 4.78 is 0. The van der Waals surface area contributed by atoms with Crippen LogP contribution in [0.1, 0.15) is 52.4 Å². The van der Waals surface area contributed by atoms with E-state index in [0.29, 0.717) is 11.6 Å². The van der Waals surface area contributed by atoms with Crippen LogP contribution in [-0.2, 0) is 0 Å². The lowest BCUT2D eigenvalue weighted by Gasteiger charge is -2.48. The van der Waals surface area contributed by atoms with E-state index in [-0.39, 0.29) is 0 Å². The zero-order valence-corrected chi connectivity index (χ0v) is 11.3. The summed E-state index contributed by atoms with van der Waals surface area (Å²) in [5.74, 6) is 0.942. The van der Waals surface area contributed by atoms with Crippen LogP contribution in [-0.4, -0.2) is 36.6 Å². The fraction of sp³-hybridized carbons (Fsp3) is 1.00. The normalized spacial score (nSPS) is 28.7. The van der Waals surface area contributed by atoms with Crippen LogP contribution in [0, 0.1) is 5.92 Å². The quantitative estimate of drug-likeness (QED) is 0.772. The van der Waals surface area contributed by atoms with Gasteiger partial charge in [0.2, 0.25) is 0 Å². The first kappa shape index (κ1) is 12.4. The van der Waals surface area contributed by atoms with Gasteiger partial charge in [-0.15, -0.1) is 0 Å². The number of piperidine rings is 1. The van der Waals surface area contributed by atoms with Crippen molar-refractivity contribution in [1.29, 1.82) is 0 Å². The van der Waals surface area contributed by atoms with Crippen molar-refractivity contribution in [2.45, 2.75) is 64.0 Å². The Balaban J connectivity index is 2.08. The first-order valence-corrected chi connectivity index (χ1v) is 7.14. The zero-order valence-electron chi connectivity index (χ0n) is 11.3. The Morgan fingerprint density at radius 2 is 1.88 bits per heavy atom. The molecule has 2 heteroatoms. The molecule has 0 aromatic heterocycles. The van der Waals surface area contributed by atoms with Gasteiger partial charge >= 0.3 is 0 Å². The molecule has 16 heavy (non-hydrogen) atoms. The smallest absolute Gasteiger partial charge is 0.0334 e. The van der Waals surface area contributed by atoms with Crippen molar-refractivity contribution in [2.75, 3.05) is 20.1 Å². The number of hydrogen-bond donors (Lipinski definition) is 1. The van der Waals surface area contributed by atoms with Gasteiger partial charge in [0.05, 0.1) is 0 Å². The lowest BCUT2D eigenvalue weighted by atomic mass is 9.83. The Morgan fingerprint density at radius 3 is 2.31 bits per heavy atom. The molecule has 1 aliphatic carbocycles. The largest absolute Gasteiger partial charge is 0.315 e. The van der Waals surface area contributed by atoms with E-state index in [0.717, 1.165) is 5.92 Å². The third kappa shape index (κ3) is 2.28. The van der Waals surface area contributed by atoms with Crippen LogP contribution in [0.4, 0.5) is 0 Å². The lowest BCUT2D eigenvalue weighted by molar-refractivity contribution is 0.0384. The Morgan fingerprint density at radius 1 is 1.25 bits per heavy atom. The minimum absolute atomic E-state index is 0.385. The minimum Gasteiger partial charge on any atom is -0.315 e. The molecule has 0 aromatic carbocycles. The number of rotatable bonds is 5. The SMILES string of the molecule is CCC(C)(C(NC)C1CC1)N1CCCCC1. The van der Waals surface area contributed by atoms with Crippen molar-refractivity contribution in [2.24, 2.45) is 5.92 Å². The number of nitrogens with zero attached hydrogens (tertiary/aromatic N) is 1. The van der Waals surface area contributed by atoms with Gasteiger partial charge in [0.15, 0.2) is 0 Å². The standard InChI is InChI=1S/C14H28N2/c1-4-14(2,13(15-3)12-8-9-12)16-10-6-5-7-11-16/h12-13,15H,4-11H2,1-3H3. The van der Waals surface area contributed by atoms with Gasteiger partial charge in [-0.3, -0.25) is 4.90 Å². The molecule has 1 saturated carbocycles. The molecule has 2 unspecified atom stereocenters. The van der Waals surface area contributed by atoms with Gasteiger partial charge in [-0.2, -0.15) is 0 Å². The second kappa shape index (κ2) is 5.05. The van der Waals surface area contributed by atoms with Gasteiger partial charge in [0.25, 0.3) is 0 Å². The van der Waals surface area contributed by atoms with Gasteiger partial charge in [-0.05, 0) is 65.1 Å². The summed E-state index contributed by atoms with van der Waals surface area (Å²) in [4.78, 5) is 2.76. The molecule has 2 atom stereocenters. The zero-order chi connectivity index (χ0) is 11.6. The maximum Gasteiger partial charge on any atom is 0.0334 e. The Bertz CT molecular complexity index is 219. The van der Waals surface area contributed by atoms with Crippen molar-refractivity contribution < 1.29 is 0 Å². The molecule has 1 N–H and O–H groups in total. The van der Waals surface area contributed by atoms with E-state index in [9.17, 15) is 0 Å². The van der Waals surface area contributed by atoms with E-state index in [1.54, 1.807) is 0 Å². The molecule has 94 valence electrons. The molecule has 0 radical (unpaired) electrons. The summed E-state index contributed by atoms with van der Waals surface area (Å²) in [7, 11) is 2.15. The Hall–Kier alpha value is -0.0800. The first-order chi connectivity index (χ1) is 7.72. The molecule has 2 nitrogen and oxygen atoms in total. The molecule has 1 heterocycles. The average molecular weight is 224 g/mol. The highest BCUT2D eigenvalue weighted by molar-refractivity contribution is 5.03. The van der Waals surface area contributed by atoms with Crippen LogP contribution in [0.25, 0.3) is 0 Å². The van der Waals surface area contributed by atoms with Crippen LogP contribution in [0.2, 0.25) is 0 Å². The second-order valence-electron chi connectivity index (χ2n) is 5.86. The molecule has 0 amide bonds. The van der Waals surface area contributed by atoms with Gasteiger partial charge in [0, 0.05) is 11.6 Å². The molecular formula is C14H28N2. The highest BCUT2D eigenvalue weighted by Gasteiger charge is 2.45. The summed E-state index contributed by atoms with van der Waals surface area (Å²) >= 11 is 0. The third-order valence-electron chi connectivity index (χ3n) is 4.87. The number of likely N-dealkylation sites (tertiary alicyclic amines) is 1. The predicted octanol–water partition coefficient (Wildman–Crippen LogP) is 2.64. The predicted molar refractivity (Wildman–Crippen MR) is 69.7 cm³/mol. The van der Waals surface area contributed by atoms with Gasteiger partial charge in [-0.1, -0.05) is 13.3 Å². The van der Waals surface area contributed by atoms with Crippen molar-refractivity contribution in [1.82, 2.24) is 10.2 Å². The summed E-state index contributed by atoms with van der Waals surface area (Å²) in [5.41, 5.74) is 0.385. The molecule has 2 fully saturated rings. The van der Waals surface area contributed by atoms with Crippen molar-refractivity contribution in [3.05, 3.63) is 0 Å². The Labute approximate surface area is 101 Å². The number of hydrogen-bond acceptors (Lipinski definition) is 2. The molecule has 1 aliphatic heterocycles. The molecular weight excluding hydrogens is 196 g/mol. The summed E-state index contributed by atoms with van der Waals surface area (Å²) in [6.45, 7) is 7.48. The van der Waals surface area contributed by atoms with E-state index >= 15 is 0 Å². The van der Waals surface area contributed by atoms with Crippen LogP contribution in [0.5, 0.6) is 0 Å². The van der Waals surface area contributed by atoms with Gasteiger partial charge in [-0.25, -0.2) is 0 Å². The minimum atomic E-state index is 0.385. The molecule has 1 saturated heterocycles. The maximum absolute atomic E-state index is 3.61. The summed E-state index contributed by atoms with van der Waals surface area (Å²) in [6, 6.07) is 0.704. The van der Waals surface area contributed by atoms with E-state index in [4.69, 9.17) is 0 Å². The number of likely N-dealkylation sites (N-methyl/N-ethyl adjacent to an activating group) is 1. The molecule has 0 spiro atoms. The van der Waals surface area contributed by atoms with Crippen molar-refractivity contribution in [3.63, 3.8) is 0 Å². The van der Waals surface area contributed by atoms with Crippen LogP contribution >= 0.6 is 0 Å². The van der Waals surface area contributed by atoms with Crippen molar-refractivity contribution >= 4 is 0 Å². The average Bonchev–Trinajstić information content (AvgIpc) is 3.15. The topological polar surface area (TPSA) is 15.3 Å². The third-order valence-corrected chi connectivity index (χ3v) is 4.87. The molecule has 2 aliphatic rings. The summed E-state index contributed by atoms with van der Waals surface area (Å²) in [5, 5.41) is 3.61. The van der Waals surface area contributed by atoms with Crippen LogP contribution < -0.4 is 5.32 Å². The van der Waals surface area contributed by atoms with Gasteiger partial charge < -0.3 is 5.32 Å². The van der Waals surface area contributed by atoms with Crippen LogP contribution in [0.3, 0.4) is 0 Å².